The highest BCUT2D eigenvalue weighted by molar-refractivity contribution is 5.60. The Labute approximate surface area is 127 Å². The summed E-state index contributed by atoms with van der Waals surface area (Å²) in [5, 5.41) is 0. The Morgan fingerprint density at radius 2 is 1.68 bits per heavy atom. The summed E-state index contributed by atoms with van der Waals surface area (Å²) < 4.78 is 33.5. The van der Waals surface area contributed by atoms with Gasteiger partial charge in [0, 0.05) is 11.1 Å². The Balaban J connectivity index is 2.17. The quantitative estimate of drug-likeness (QED) is 0.630. The van der Waals surface area contributed by atoms with Crippen molar-refractivity contribution >= 4 is 12.4 Å². The molecule has 3 nitrogen and oxygen atoms in total. The van der Waals surface area contributed by atoms with E-state index in [4.69, 9.17) is 4.74 Å². The van der Waals surface area contributed by atoms with Crippen molar-refractivity contribution in [3.05, 3.63) is 53.6 Å². The van der Waals surface area contributed by atoms with Crippen LogP contribution in [0.2, 0.25) is 0 Å². The molecule has 22 heavy (non-hydrogen) atoms. The minimum atomic E-state index is -2.83. The lowest BCUT2D eigenvalue weighted by molar-refractivity contribution is -0.0498. The van der Waals surface area contributed by atoms with E-state index in [1.54, 1.807) is 37.4 Å². The monoisotopic (exact) mass is 301 g/mol. The van der Waals surface area contributed by atoms with Gasteiger partial charge in [0.15, 0.2) is 0 Å². The number of nitrogens with zero attached hydrogens (tertiary/aromatic N) is 1. The molecule has 0 spiro atoms. The number of aliphatic imine (C=N–C) groups is 1. The van der Waals surface area contributed by atoms with Gasteiger partial charge in [0.05, 0.1) is 7.11 Å². The van der Waals surface area contributed by atoms with Gasteiger partial charge in [-0.05, 0) is 49.2 Å². The summed E-state index contributed by atoms with van der Waals surface area (Å²) in [7, 11) is 1.55. The van der Waals surface area contributed by atoms with Gasteiger partial charge in [0.25, 0.3) is 0 Å². The molecule has 0 unspecified atom stereocenters. The van der Waals surface area contributed by atoms with Crippen molar-refractivity contribution in [3.63, 3.8) is 0 Å². The molecule has 0 aromatic heterocycles. The standard InChI is InChI=1S/C17H13F2NO2/c1-20-15-11-13(7-10-16(15)21-2)4-3-12-5-8-14(9-6-12)22-17(18)19/h5-11,17H,1H2,2H3. The van der Waals surface area contributed by atoms with E-state index in [0.717, 1.165) is 5.56 Å². The Morgan fingerprint density at radius 3 is 2.27 bits per heavy atom. The Kier molecular flexibility index (Phi) is 5.10. The maximum absolute atomic E-state index is 12.0. The maximum atomic E-state index is 12.0. The highest BCUT2D eigenvalue weighted by Gasteiger charge is 2.03. The van der Waals surface area contributed by atoms with Crippen molar-refractivity contribution in [2.24, 2.45) is 4.99 Å². The third-order valence-corrected chi connectivity index (χ3v) is 2.78. The summed E-state index contributed by atoms with van der Waals surface area (Å²) in [6.07, 6.45) is 0. The first-order valence-corrected chi connectivity index (χ1v) is 6.34. The first kappa shape index (κ1) is 15.5. The number of methoxy groups -OCH3 is 1. The topological polar surface area (TPSA) is 30.8 Å². The minimum absolute atomic E-state index is 0.100. The smallest absolute Gasteiger partial charge is 0.387 e. The molecule has 0 saturated heterocycles. The molecule has 0 fully saturated rings. The second-order valence-electron chi connectivity index (χ2n) is 4.20. The van der Waals surface area contributed by atoms with E-state index < -0.39 is 6.61 Å². The van der Waals surface area contributed by atoms with Crippen LogP contribution in [0.4, 0.5) is 14.5 Å². The van der Waals surface area contributed by atoms with Crippen molar-refractivity contribution < 1.29 is 18.3 Å². The Bertz CT molecular complexity index is 716. The van der Waals surface area contributed by atoms with Crippen LogP contribution >= 0.6 is 0 Å². The molecule has 0 aliphatic carbocycles. The molecule has 0 N–H and O–H groups in total. The summed E-state index contributed by atoms with van der Waals surface area (Å²) in [5.74, 6) is 6.62. The van der Waals surface area contributed by atoms with Gasteiger partial charge in [0.1, 0.15) is 17.2 Å². The van der Waals surface area contributed by atoms with Gasteiger partial charge >= 0.3 is 6.61 Å². The first-order chi connectivity index (χ1) is 10.6. The normalized spacial score (nSPS) is 9.82. The molecule has 0 saturated carbocycles. The number of hydrogen-bond donors (Lipinski definition) is 0. The molecule has 0 bridgehead atoms. The van der Waals surface area contributed by atoms with Crippen LogP contribution in [0.15, 0.2) is 47.5 Å². The predicted octanol–water partition coefficient (Wildman–Crippen LogP) is 4.03. The van der Waals surface area contributed by atoms with Crippen LogP contribution in [-0.2, 0) is 0 Å². The van der Waals surface area contributed by atoms with E-state index in [-0.39, 0.29) is 5.75 Å². The second-order valence-corrected chi connectivity index (χ2v) is 4.20. The molecule has 2 aromatic rings. The zero-order valence-corrected chi connectivity index (χ0v) is 11.8. The average molecular weight is 301 g/mol. The van der Waals surface area contributed by atoms with Crippen molar-refractivity contribution in [1.82, 2.24) is 0 Å². The summed E-state index contributed by atoms with van der Waals surface area (Å²) >= 11 is 0. The van der Waals surface area contributed by atoms with Crippen LogP contribution in [0.1, 0.15) is 11.1 Å². The summed E-state index contributed by atoms with van der Waals surface area (Å²) in [6, 6.07) is 11.4. The summed E-state index contributed by atoms with van der Waals surface area (Å²) in [6.45, 7) is 0.647. The molecule has 0 atom stereocenters. The van der Waals surface area contributed by atoms with Gasteiger partial charge in [-0.25, -0.2) is 0 Å². The van der Waals surface area contributed by atoms with Gasteiger partial charge in [-0.1, -0.05) is 11.8 Å². The van der Waals surface area contributed by atoms with Crippen molar-refractivity contribution in [2.45, 2.75) is 6.61 Å². The Hall–Kier alpha value is -2.87. The molecule has 2 rings (SSSR count). The van der Waals surface area contributed by atoms with Crippen molar-refractivity contribution in [1.29, 1.82) is 0 Å². The minimum Gasteiger partial charge on any atom is -0.494 e. The first-order valence-electron chi connectivity index (χ1n) is 6.34. The second kappa shape index (κ2) is 7.23. The number of hydrogen-bond acceptors (Lipinski definition) is 3. The van der Waals surface area contributed by atoms with Crippen LogP contribution in [0, 0.1) is 11.8 Å². The fourth-order valence-corrected chi connectivity index (χ4v) is 1.76. The maximum Gasteiger partial charge on any atom is 0.387 e. The van der Waals surface area contributed by atoms with Gasteiger partial charge < -0.3 is 9.47 Å². The van der Waals surface area contributed by atoms with Crippen LogP contribution in [-0.4, -0.2) is 20.4 Å². The van der Waals surface area contributed by atoms with Gasteiger partial charge in [0.2, 0.25) is 0 Å². The Morgan fingerprint density at radius 1 is 1.05 bits per heavy atom. The van der Waals surface area contributed by atoms with Crippen LogP contribution < -0.4 is 9.47 Å². The van der Waals surface area contributed by atoms with Crippen LogP contribution in [0.25, 0.3) is 0 Å². The predicted molar refractivity (Wildman–Crippen MR) is 81.3 cm³/mol. The largest absolute Gasteiger partial charge is 0.494 e. The third-order valence-electron chi connectivity index (χ3n) is 2.78. The average Bonchev–Trinajstić information content (AvgIpc) is 2.53. The number of ether oxygens (including phenoxy) is 2. The van der Waals surface area contributed by atoms with E-state index in [0.29, 0.717) is 17.0 Å². The highest BCUT2D eigenvalue weighted by atomic mass is 19.3. The lowest BCUT2D eigenvalue weighted by Gasteiger charge is -2.04. The SMILES string of the molecule is C=Nc1cc(C#Cc2ccc(OC(F)F)cc2)ccc1OC. The van der Waals surface area contributed by atoms with E-state index in [2.05, 4.69) is 28.3 Å². The highest BCUT2D eigenvalue weighted by Crippen LogP contribution is 2.27. The lowest BCUT2D eigenvalue weighted by Crippen LogP contribution is -2.01. The lowest BCUT2D eigenvalue weighted by atomic mass is 10.1. The molecule has 112 valence electrons. The van der Waals surface area contributed by atoms with Crippen LogP contribution in [0.3, 0.4) is 0 Å². The summed E-state index contributed by atoms with van der Waals surface area (Å²) in [4.78, 5) is 3.87. The number of alkyl halides is 2. The molecule has 2 aromatic carbocycles. The van der Waals surface area contributed by atoms with E-state index in [1.165, 1.54) is 12.1 Å². The summed E-state index contributed by atoms with van der Waals surface area (Å²) in [5.41, 5.74) is 2.04. The van der Waals surface area contributed by atoms with Crippen molar-refractivity contribution in [3.8, 4) is 23.3 Å². The van der Waals surface area contributed by atoms with Crippen LogP contribution in [0.5, 0.6) is 11.5 Å². The third kappa shape index (κ3) is 4.06. The number of rotatable bonds is 4. The molecule has 0 aliphatic heterocycles. The number of benzene rings is 2. The fraction of sp³-hybridized carbons (Fsp3) is 0.118. The molecule has 0 radical (unpaired) electrons. The molecular formula is C17H13F2NO2. The zero-order chi connectivity index (χ0) is 15.9. The van der Waals surface area contributed by atoms with Gasteiger partial charge in [-0.3, -0.25) is 4.99 Å². The van der Waals surface area contributed by atoms with E-state index >= 15 is 0 Å². The van der Waals surface area contributed by atoms with E-state index in [9.17, 15) is 8.78 Å². The molecule has 0 amide bonds. The van der Waals surface area contributed by atoms with E-state index in [1.807, 2.05) is 0 Å². The van der Waals surface area contributed by atoms with Gasteiger partial charge in [-0.2, -0.15) is 8.78 Å². The molecule has 5 heteroatoms. The van der Waals surface area contributed by atoms with Gasteiger partial charge in [-0.15, -0.1) is 0 Å². The number of halogens is 2. The van der Waals surface area contributed by atoms with Crippen molar-refractivity contribution in [2.75, 3.05) is 7.11 Å². The molecular weight excluding hydrogens is 288 g/mol. The molecule has 0 heterocycles. The zero-order valence-electron chi connectivity index (χ0n) is 11.8. The molecule has 0 aliphatic rings. The fourth-order valence-electron chi connectivity index (χ4n) is 1.76.